The largest absolute Gasteiger partial charge is 0.507 e. The fraction of sp³-hybridized carbons (Fsp3) is 0.485. The van der Waals surface area contributed by atoms with Gasteiger partial charge in [0.2, 0.25) is 5.91 Å². The zero-order chi connectivity index (χ0) is 29.8. The van der Waals surface area contributed by atoms with Crippen molar-refractivity contribution in [3.63, 3.8) is 0 Å². The summed E-state index contributed by atoms with van der Waals surface area (Å²) < 4.78 is 0. The predicted octanol–water partition coefficient (Wildman–Crippen LogP) is 5.49. The molecule has 5 rings (SSSR count). The van der Waals surface area contributed by atoms with E-state index in [0.717, 1.165) is 5.57 Å². The molecule has 0 unspecified atom stereocenters. The maximum absolute atomic E-state index is 14.5. The molecule has 1 amide bonds. The number of benzene rings is 1. The summed E-state index contributed by atoms with van der Waals surface area (Å²) in [4.78, 5) is 69.5. The number of fused-ring (bicyclic) bond motifs is 7. The van der Waals surface area contributed by atoms with Gasteiger partial charge < -0.3 is 10.4 Å². The molecule has 3 aliphatic carbocycles. The molecule has 1 spiro atoms. The Hall–Kier alpha value is -3.61. The van der Waals surface area contributed by atoms with Gasteiger partial charge in [-0.05, 0) is 68.7 Å². The fourth-order valence-corrected chi connectivity index (χ4v) is 7.08. The molecule has 7 nitrogen and oxygen atoms in total. The Morgan fingerprint density at radius 3 is 2.25 bits per heavy atom. The number of amides is 1. The Morgan fingerprint density at radius 2 is 1.62 bits per heavy atom. The molecular weight excluding hydrogens is 506 g/mol. The van der Waals surface area contributed by atoms with Crippen LogP contribution in [0.2, 0.25) is 0 Å². The van der Waals surface area contributed by atoms with Gasteiger partial charge >= 0.3 is 0 Å². The second kappa shape index (κ2) is 10.4. The lowest BCUT2D eigenvalue weighted by Crippen LogP contribution is -2.59. The van der Waals surface area contributed by atoms with Crippen molar-refractivity contribution in [2.45, 2.75) is 73.8 Å². The third-order valence-corrected chi connectivity index (χ3v) is 8.68. The van der Waals surface area contributed by atoms with E-state index in [2.05, 4.69) is 5.32 Å². The topological polar surface area (TPSA) is 118 Å². The van der Waals surface area contributed by atoms with E-state index in [9.17, 15) is 29.1 Å². The lowest BCUT2D eigenvalue weighted by atomic mass is 9.61. The summed E-state index contributed by atoms with van der Waals surface area (Å²) in [5, 5.41) is 13.9. The number of nitrogens with one attached hydrogen (secondary N) is 1. The molecule has 1 heterocycles. The molecular formula is C33H39NO6. The first-order valence-corrected chi connectivity index (χ1v) is 14.0. The lowest BCUT2D eigenvalue weighted by molar-refractivity contribution is -0.124. The number of hydrogen-bond donors (Lipinski definition) is 2. The molecule has 0 radical (unpaired) electrons. The van der Waals surface area contributed by atoms with Crippen LogP contribution in [0, 0.1) is 36.5 Å². The minimum absolute atomic E-state index is 0.00177. The van der Waals surface area contributed by atoms with Crippen molar-refractivity contribution in [2.24, 2.45) is 29.6 Å². The standard InChI is InChI=1S/C33H39NO6/c1-15(2)9-23-27-21(8)28(36)18(5)11-16(3)10-17(4)12-19(6)29(37)26-25-22(13-20(7)30(26)38)31(39)33(27,14-24(25)35)34-32(23)40/h10-13,15-16,21,23,27,38H,9,14H2,1-8H3,(H,34,40)/b17-10+,18-11-,19-12-/t16-,21-,23-,27+,33+/m1/s1. The highest BCUT2D eigenvalue weighted by atomic mass is 16.3. The first-order chi connectivity index (χ1) is 18.6. The second-order valence-corrected chi connectivity index (χ2v) is 12.4. The molecule has 5 atom stereocenters. The van der Waals surface area contributed by atoms with E-state index in [1.807, 2.05) is 39.8 Å². The smallest absolute Gasteiger partial charge is 0.224 e. The van der Waals surface area contributed by atoms with Crippen LogP contribution in [-0.4, -0.2) is 39.7 Å². The molecule has 2 N–H and O–H groups in total. The van der Waals surface area contributed by atoms with Crippen LogP contribution in [0.5, 0.6) is 5.75 Å². The number of ketones is 4. The van der Waals surface area contributed by atoms with Gasteiger partial charge in [-0.1, -0.05) is 51.5 Å². The minimum atomic E-state index is -1.62. The van der Waals surface area contributed by atoms with Crippen LogP contribution in [0.1, 0.15) is 97.9 Å². The summed E-state index contributed by atoms with van der Waals surface area (Å²) in [5.41, 5.74) is -0.0620. The maximum Gasteiger partial charge on any atom is 0.224 e. The molecule has 1 saturated heterocycles. The van der Waals surface area contributed by atoms with E-state index >= 15 is 0 Å². The lowest BCUT2D eigenvalue weighted by Gasteiger charge is -2.41. The normalized spacial score (nSPS) is 33.2. The van der Waals surface area contributed by atoms with Crippen molar-refractivity contribution in [1.82, 2.24) is 5.32 Å². The number of carbonyl (C=O) groups is 5. The molecule has 1 fully saturated rings. The number of aryl methyl sites for hydroxylation is 1. The molecule has 4 aliphatic rings. The average molecular weight is 546 g/mol. The molecule has 1 aliphatic heterocycles. The number of carbonyl (C=O) groups excluding carboxylic acids is 5. The zero-order valence-corrected chi connectivity index (χ0v) is 24.6. The van der Waals surface area contributed by atoms with Crippen molar-refractivity contribution < 1.29 is 29.1 Å². The van der Waals surface area contributed by atoms with Gasteiger partial charge in [0.05, 0.1) is 5.56 Å². The highest BCUT2D eigenvalue weighted by molar-refractivity contribution is 6.26. The van der Waals surface area contributed by atoms with Gasteiger partial charge in [-0.2, -0.15) is 0 Å². The summed E-state index contributed by atoms with van der Waals surface area (Å²) >= 11 is 0. The first kappa shape index (κ1) is 29.4. The van der Waals surface area contributed by atoms with Gasteiger partial charge in [0.15, 0.2) is 23.1 Å². The molecule has 0 saturated carbocycles. The first-order valence-electron chi connectivity index (χ1n) is 14.0. The van der Waals surface area contributed by atoms with Crippen LogP contribution in [0.3, 0.4) is 0 Å². The number of aromatic hydroxyl groups is 1. The van der Waals surface area contributed by atoms with Crippen LogP contribution < -0.4 is 5.32 Å². The maximum atomic E-state index is 14.5. The van der Waals surface area contributed by atoms with Crippen molar-refractivity contribution in [3.05, 3.63) is 63.3 Å². The average Bonchev–Trinajstić information content (AvgIpc) is 3.12. The molecule has 1 aromatic carbocycles. The minimum Gasteiger partial charge on any atom is -0.507 e. The molecule has 4 bridgehead atoms. The predicted molar refractivity (Wildman–Crippen MR) is 152 cm³/mol. The van der Waals surface area contributed by atoms with Crippen LogP contribution >= 0.6 is 0 Å². The third kappa shape index (κ3) is 4.69. The number of allylic oxidation sites excluding steroid dienone is 6. The zero-order valence-electron chi connectivity index (χ0n) is 24.6. The van der Waals surface area contributed by atoms with E-state index in [1.54, 1.807) is 33.8 Å². The SMILES string of the molecule is C/C1=C/C(C)=C/[C@@H](C)/C=C(/C)C(=O)[C@H](C)[C@H]2[C@@H](CC(C)C)C(=O)N[C@@]23CC(=O)c2c(cc(C)c(O)c2C1=O)C3=O. The summed E-state index contributed by atoms with van der Waals surface area (Å²) in [7, 11) is 0. The van der Waals surface area contributed by atoms with E-state index < -0.39 is 40.6 Å². The number of phenols is 1. The highest BCUT2D eigenvalue weighted by Gasteiger charge is 2.63. The third-order valence-electron chi connectivity index (χ3n) is 8.68. The Bertz CT molecular complexity index is 1440. The van der Waals surface area contributed by atoms with E-state index in [-0.39, 0.29) is 58.0 Å². The Kier molecular flexibility index (Phi) is 7.65. The molecule has 212 valence electrons. The van der Waals surface area contributed by atoms with Crippen molar-refractivity contribution in [2.75, 3.05) is 0 Å². The van der Waals surface area contributed by atoms with Crippen molar-refractivity contribution >= 4 is 29.0 Å². The molecule has 40 heavy (non-hydrogen) atoms. The number of rotatable bonds is 2. The number of phenolic OH excluding ortho intramolecular Hbond substituents is 1. The van der Waals surface area contributed by atoms with E-state index in [0.29, 0.717) is 17.6 Å². The summed E-state index contributed by atoms with van der Waals surface area (Å²) in [5.74, 6) is -4.57. The van der Waals surface area contributed by atoms with Gasteiger partial charge in [-0.15, -0.1) is 0 Å². The quantitative estimate of drug-likeness (QED) is 0.507. The summed E-state index contributed by atoms with van der Waals surface area (Å²) in [6.07, 6.45) is 5.52. The number of hydrogen-bond acceptors (Lipinski definition) is 6. The Balaban J connectivity index is 2.08. The van der Waals surface area contributed by atoms with Gasteiger partial charge in [-0.25, -0.2) is 0 Å². The van der Waals surface area contributed by atoms with Gasteiger partial charge in [-0.3, -0.25) is 24.0 Å². The fourth-order valence-electron chi connectivity index (χ4n) is 7.08. The molecule has 7 heteroatoms. The Morgan fingerprint density at radius 1 is 0.975 bits per heavy atom. The summed E-state index contributed by atoms with van der Waals surface area (Å²) in [6.45, 7) is 14.4. The van der Waals surface area contributed by atoms with Crippen LogP contribution in [0.25, 0.3) is 0 Å². The highest BCUT2D eigenvalue weighted by Crippen LogP contribution is 2.49. The van der Waals surface area contributed by atoms with E-state index in [4.69, 9.17) is 0 Å². The van der Waals surface area contributed by atoms with Crippen LogP contribution in [0.4, 0.5) is 0 Å². The van der Waals surface area contributed by atoms with Gasteiger partial charge in [0, 0.05) is 35.3 Å². The monoisotopic (exact) mass is 545 g/mol. The molecule has 1 aromatic rings. The van der Waals surface area contributed by atoms with Crippen LogP contribution in [-0.2, 0) is 9.59 Å². The molecule has 0 aromatic heterocycles. The van der Waals surface area contributed by atoms with Crippen molar-refractivity contribution in [3.8, 4) is 5.75 Å². The number of Topliss-reactive ketones (excluding diaryl/α,β-unsaturated/α-hetero) is 4. The van der Waals surface area contributed by atoms with E-state index in [1.165, 1.54) is 6.07 Å². The Labute approximate surface area is 235 Å². The van der Waals surface area contributed by atoms with Gasteiger partial charge in [0.25, 0.3) is 0 Å². The van der Waals surface area contributed by atoms with Crippen LogP contribution in [0.15, 0.2) is 41.0 Å². The summed E-state index contributed by atoms with van der Waals surface area (Å²) in [6, 6.07) is 1.42. The van der Waals surface area contributed by atoms with Gasteiger partial charge in [0.1, 0.15) is 11.3 Å². The second-order valence-electron chi connectivity index (χ2n) is 12.4. The van der Waals surface area contributed by atoms with Crippen molar-refractivity contribution in [1.29, 1.82) is 0 Å².